The van der Waals surface area contributed by atoms with Gasteiger partial charge in [0.1, 0.15) is 0 Å². The summed E-state index contributed by atoms with van der Waals surface area (Å²) >= 11 is 7.83. The molecule has 0 bridgehead atoms. The van der Waals surface area contributed by atoms with Crippen molar-refractivity contribution in [3.63, 3.8) is 0 Å². The fourth-order valence-corrected chi connectivity index (χ4v) is 3.49. The van der Waals surface area contributed by atoms with Crippen molar-refractivity contribution in [2.45, 2.75) is 44.6 Å². The highest BCUT2D eigenvalue weighted by atomic mass is 35.5. The molecule has 0 saturated heterocycles. The fraction of sp³-hybridized carbons (Fsp3) is 0.636. The van der Waals surface area contributed by atoms with E-state index in [-0.39, 0.29) is 5.54 Å². The zero-order chi connectivity index (χ0) is 10.2. The van der Waals surface area contributed by atoms with E-state index in [0.717, 1.165) is 17.9 Å². The van der Waals surface area contributed by atoms with Crippen molar-refractivity contribution >= 4 is 22.9 Å². The van der Waals surface area contributed by atoms with E-state index in [4.69, 9.17) is 17.3 Å². The number of aryl methyl sites for hydroxylation is 1. The topological polar surface area (TPSA) is 26.0 Å². The largest absolute Gasteiger partial charge is 0.321 e. The van der Waals surface area contributed by atoms with Crippen LogP contribution in [0.2, 0.25) is 5.02 Å². The van der Waals surface area contributed by atoms with Crippen LogP contribution in [-0.4, -0.2) is 0 Å². The molecule has 2 N–H and O–H groups in total. The molecule has 0 unspecified atom stereocenters. The van der Waals surface area contributed by atoms with Gasteiger partial charge in [0.15, 0.2) is 0 Å². The average Bonchev–Trinajstić information content (AvgIpc) is 2.49. The second kappa shape index (κ2) is 3.84. The lowest BCUT2D eigenvalue weighted by molar-refractivity contribution is 0.308. The van der Waals surface area contributed by atoms with Crippen molar-refractivity contribution < 1.29 is 0 Å². The number of thiophene rings is 1. The molecular weight excluding hydrogens is 214 g/mol. The Morgan fingerprint density at radius 1 is 1.36 bits per heavy atom. The standard InChI is InChI=1S/C11H16ClNS/c1-8-9(12)7-10(14-8)11(13)5-3-2-4-6-11/h7H,2-6,13H2,1H3. The van der Waals surface area contributed by atoms with Crippen LogP contribution >= 0.6 is 22.9 Å². The summed E-state index contributed by atoms with van der Waals surface area (Å²) in [7, 11) is 0. The minimum atomic E-state index is -0.0825. The van der Waals surface area contributed by atoms with Gasteiger partial charge in [-0.2, -0.15) is 0 Å². The van der Waals surface area contributed by atoms with Crippen molar-refractivity contribution in [2.75, 3.05) is 0 Å². The van der Waals surface area contributed by atoms with Gasteiger partial charge < -0.3 is 5.73 Å². The molecule has 14 heavy (non-hydrogen) atoms. The Kier molecular flexibility index (Phi) is 2.87. The Balaban J connectivity index is 2.28. The highest BCUT2D eigenvalue weighted by Gasteiger charge is 2.31. The Labute approximate surface area is 94.3 Å². The van der Waals surface area contributed by atoms with E-state index in [1.165, 1.54) is 29.0 Å². The van der Waals surface area contributed by atoms with Gasteiger partial charge in [0.25, 0.3) is 0 Å². The predicted molar refractivity (Wildman–Crippen MR) is 63.0 cm³/mol. The first kappa shape index (κ1) is 10.5. The first-order valence-electron chi connectivity index (χ1n) is 5.17. The molecule has 0 atom stereocenters. The molecule has 0 spiro atoms. The summed E-state index contributed by atoms with van der Waals surface area (Å²) in [5.41, 5.74) is 6.33. The summed E-state index contributed by atoms with van der Waals surface area (Å²) in [4.78, 5) is 2.47. The van der Waals surface area contributed by atoms with Crippen molar-refractivity contribution in [1.82, 2.24) is 0 Å². The summed E-state index contributed by atoms with van der Waals surface area (Å²) < 4.78 is 0. The number of hydrogen-bond acceptors (Lipinski definition) is 2. The summed E-state index contributed by atoms with van der Waals surface area (Å²) in [5, 5.41) is 0.875. The van der Waals surface area contributed by atoms with E-state index >= 15 is 0 Å². The second-order valence-electron chi connectivity index (χ2n) is 4.23. The fourth-order valence-electron chi connectivity index (χ4n) is 2.13. The van der Waals surface area contributed by atoms with Crippen LogP contribution in [0.3, 0.4) is 0 Å². The van der Waals surface area contributed by atoms with Crippen LogP contribution in [0.5, 0.6) is 0 Å². The van der Waals surface area contributed by atoms with Gasteiger partial charge in [-0.3, -0.25) is 0 Å². The number of rotatable bonds is 1. The van der Waals surface area contributed by atoms with Gasteiger partial charge in [-0.25, -0.2) is 0 Å². The molecule has 1 nitrogen and oxygen atoms in total. The molecule has 0 amide bonds. The average molecular weight is 230 g/mol. The molecule has 0 aliphatic heterocycles. The van der Waals surface area contributed by atoms with E-state index in [1.54, 1.807) is 11.3 Å². The highest BCUT2D eigenvalue weighted by Crippen LogP contribution is 2.40. The van der Waals surface area contributed by atoms with Crippen molar-refractivity contribution in [2.24, 2.45) is 5.73 Å². The molecular formula is C11H16ClNS. The molecule has 3 heteroatoms. The van der Waals surface area contributed by atoms with Crippen LogP contribution in [0.1, 0.15) is 41.9 Å². The smallest absolute Gasteiger partial charge is 0.0545 e. The summed E-state index contributed by atoms with van der Waals surface area (Å²) in [6.07, 6.45) is 6.07. The van der Waals surface area contributed by atoms with Gasteiger partial charge >= 0.3 is 0 Å². The third kappa shape index (κ3) is 1.83. The minimum Gasteiger partial charge on any atom is -0.321 e. The third-order valence-electron chi connectivity index (χ3n) is 3.09. The number of hydrogen-bond donors (Lipinski definition) is 1. The van der Waals surface area contributed by atoms with Gasteiger partial charge in [-0.05, 0) is 25.8 Å². The van der Waals surface area contributed by atoms with E-state index in [9.17, 15) is 0 Å². The quantitative estimate of drug-likeness (QED) is 0.778. The van der Waals surface area contributed by atoms with E-state index in [1.807, 2.05) is 0 Å². The Hall–Kier alpha value is -0.0500. The van der Waals surface area contributed by atoms with Gasteiger partial charge in [0, 0.05) is 9.75 Å². The summed E-state index contributed by atoms with van der Waals surface area (Å²) in [6, 6.07) is 2.06. The monoisotopic (exact) mass is 229 g/mol. The first-order valence-corrected chi connectivity index (χ1v) is 6.36. The SMILES string of the molecule is Cc1sc(C2(N)CCCCC2)cc1Cl. The normalized spacial score (nSPS) is 21.1. The van der Waals surface area contributed by atoms with Crippen molar-refractivity contribution in [1.29, 1.82) is 0 Å². The molecule has 78 valence electrons. The summed E-state index contributed by atoms with van der Waals surface area (Å²) in [6.45, 7) is 2.06. The molecule has 1 aromatic heterocycles. The minimum absolute atomic E-state index is 0.0825. The van der Waals surface area contributed by atoms with Gasteiger partial charge in [0.05, 0.1) is 10.6 Å². The van der Waals surface area contributed by atoms with E-state index in [2.05, 4.69) is 13.0 Å². The number of nitrogens with two attached hydrogens (primary N) is 1. The zero-order valence-corrected chi connectivity index (χ0v) is 10.0. The maximum absolute atomic E-state index is 6.41. The lowest BCUT2D eigenvalue weighted by Gasteiger charge is -2.32. The Morgan fingerprint density at radius 2 is 2.00 bits per heavy atom. The molecule has 2 rings (SSSR count). The van der Waals surface area contributed by atoms with Crippen LogP contribution in [0.25, 0.3) is 0 Å². The molecule has 1 saturated carbocycles. The Morgan fingerprint density at radius 3 is 2.50 bits per heavy atom. The van der Waals surface area contributed by atoms with Crippen LogP contribution in [-0.2, 0) is 5.54 Å². The maximum Gasteiger partial charge on any atom is 0.0545 e. The van der Waals surface area contributed by atoms with Gasteiger partial charge in [-0.15, -0.1) is 11.3 Å². The van der Waals surface area contributed by atoms with E-state index in [0.29, 0.717) is 0 Å². The van der Waals surface area contributed by atoms with E-state index < -0.39 is 0 Å². The van der Waals surface area contributed by atoms with Crippen LogP contribution in [0.4, 0.5) is 0 Å². The molecule has 0 aromatic carbocycles. The summed E-state index contributed by atoms with van der Waals surface area (Å²) in [5.74, 6) is 0. The molecule has 1 heterocycles. The Bertz CT molecular complexity index is 307. The van der Waals surface area contributed by atoms with Crippen LogP contribution < -0.4 is 5.73 Å². The first-order chi connectivity index (χ1) is 6.62. The second-order valence-corrected chi connectivity index (χ2v) is 5.90. The molecule has 0 radical (unpaired) electrons. The predicted octanol–water partition coefficient (Wildman–Crippen LogP) is 3.83. The zero-order valence-electron chi connectivity index (χ0n) is 8.48. The molecule has 1 fully saturated rings. The van der Waals surface area contributed by atoms with Gasteiger partial charge in [0.2, 0.25) is 0 Å². The van der Waals surface area contributed by atoms with Crippen LogP contribution in [0, 0.1) is 6.92 Å². The molecule has 1 aromatic rings. The molecule has 1 aliphatic carbocycles. The highest BCUT2D eigenvalue weighted by molar-refractivity contribution is 7.12. The van der Waals surface area contributed by atoms with Crippen molar-refractivity contribution in [3.8, 4) is 0 Å². The lowest BCUT2D eigenvalue weighted by atomic mass is 9.81. The van der Waals surface area contributed by atoms with Gasteiger partial charge in [-0.1, -0.05) is 30.9 Å². The maximum atomic E-state index is 6.41. The van der Waals surface area contributed by atoms with Crippen molar-refractivity contribution in [3.05, 3.63) is 20.8 Å². The third-order valence-corrected chi connectivity index (χ3v) is 4.87. The van der Waals surface area contributed by atoms with Crippen LogP contribution in [0.15, 0.2) is 6.07 Å². The number of halogens is 1. The molecule has 1 aliphatic rings. The lowest BCUT2D eigenvalue weighted by Crippen LogP contribution is -2.37.